The van der Waals surface area contributed by atoms with Crippen molar-refractivity contribution in [3.63, 3.8) is 0 Å². The van der Waals surface area contributed by atoms with Gasteiger partial charge in [-0.25, -0.2) is 4.39 Å². The predicted molar refractivity (Wildman–Crippen MR) is 89.2 cm³/mol. The zero-order valence-electron chi connectivity index (χ0n) is 10.4. The summed E-state index contributed by atoms with van der Waals surface area (Å²) in [6.45, 7) is 0. The average Bonchev–Trinajstić information content (AvgIpc) is 2.40. The molecule has 0 spiro atoms. The lowest BCUT2D eigenvalue weighted by molar-refractivity contribution is 0.575. The Bertz CT molecular complexity index is 649. The van der Waals surface area contributed by atoms with Gasteiger partial charge in [0.2, 0.25) is 0 Å². The van der Waals surface area contributed by atoms with Crippen molar-refractivity contribution in [3.05, 3.63) is 66.3 Å². The third-order valence-corrected chi connectivity index (χ3v) is 5.35. The van der Waals surface area contributed by atoms with Crippen LogP contribution in [0.4, 0.5) is 4.39 Å². The van der Waals surface area contributed by atoms with Gasteiger partial charge in [0.05, 0.1) is 16.1 Å². The number of benzene rings is 2. The molecule has 0 bridgehead atoms. The summed E-state index contributed by atoms with van der Waals surface area (Å²) in [5.74, 6) is -0.334. The molecular weight excluding hydrogens is 432 g/mol. The Kier molecular flexibility index (Phi) is 5.49. The SMILES string of the molecule is CNC(c1ccc(Br)c(Cl)c1)c1cc(Cl)c(Br)cc1F. The van der Waals surface area contributed by atoms with Gasteiger partial charge in [-0.05, 0) is 68.7 Å². The Labute approximate surface area is 143 Å². The fraction of sp³-hybridized carbons (Fsp3) is 0.143. The van der Waals surface area contributed by atoms with E-state index in [2.05, 4.69) is 37.2 Å². The molecule has 0 amide bonds. The second kappa shape index (κ2) is 6.75. The summed E-state index contributed by atoms with van der Waals surface area (Å²) in [7, 11) is 1.76. The van der Waals surface area contributed by atoms with Crippen LogP contribution >= 0.6 is 55.1 Å². The topological polar surface area (TPSA) is 12.0 Å². The van der Waals surface area contributed by atoms with E-state index in [1.807, 2.05) is 12.1 Å². The second-order valence-electron chi connectivity index (χ2n) is 4.18. The van der Waals surface area contributed by atoms with E-state index in [9.17, 15) is 4.39 Å². The highest BCUT2D eigenvalue weighted by molar-refractivity contribution is 9.10. The van der Waals surface area contributed by atoms with Crippen LogP contribution < -0.4 is 5.32 Å². The van der Waals surface area contributed by atoms with Gasteiger partial charge in [0.1, 0.15) is 5.82 Å². The van der Waals surface area contributed by atoms with Gasteiger partial charge in [0.15, 0.2) is 0 Å². The standard InChI is InChI=1S/C14H10Br2Cl2FN/c1-20-14(7-2-3-9(15)11(17)4-7)8-5-12(18)10(16)6-13(8)19/h2-6,14,20H,1H3. The lowest BCUT2D eigenvalue weighted by Crippen LogP contribution is -2.19. The predicted octanol–water partition coefficient (Wildman–Crippen LogP) is 5.97. The molecule has 1 atom stereocenters. The lowest BCUT2D eigenvalue weighted by atomic mass is 9.98. The molecule has 0 saturated carbocycles. The maximum Gasteiger partial charge on any atom is 0.129 e. The molecule has 2 aromatic rings. The van der Waals surface area contributed by atoms with E-state index >= 15 is 0 Å². The maximum atomic E-state index is 14.2. The normalized spacial score (nSPS) is 12.5. The highest BCUT2D eigenvalue weighted by Crippen LogP contribution is 2.33. The van der Waals surface area contributed by atoms with Gasteiger partial charge < -0.3 is 5.32 Å². The Morgan fingerprint density at radius 1 is 1.05 bits per heavy atom. The summed E-state index contributed by atoms with van der Waals surface area (Å²) in [5.41, 5.74) is 1.33. The molecule has 0 aromatic heterocycles. The Morgan fingerprint density at radius 2 is 1.70 bits per heavy atom. The summed E-state index contributed by atoms with van der Waals surface area (Å²) in [4.78, 5) is 0. The summed E-state index contributed by atoms with van der Waals surface area (Å²) in [5, 5.41) is 4.12. The van der Waals surface area contributed by atoms with Crippen LogP contribution in [0.15, 0.2) is 39.3 Å². The first-order valence-corrected chi connectivity index (χ1v) is 8.05. The third-order valence-electron chi connectivity index (χ3n) is 2.92. The fourth-order valence-electron chi connectivity index (χ4n) is 1.95. The minimum absolute atomic E-state index is 0.328. The van der Waals surface area contributed by atoms with Crippen LogP contribution in [0.3, 0.4) is 0 Å². The molecule has 1 N–H and O–H groups in total. The summed E-state index contributed by atoms with van der Waals surface area (Å²) in [6.07, 6.45) is 0. The number of hydrogen-bond donors (Lipinski definition) is 1. The van der Waals surface area contributed by atoms with Gasteiger partial charge in [0.25, 0.3) is 0 Å². The molecule has 106 valence electrons. The Balaban J connectivity index is 2.52. The molecule has 0 heterocycles. The molecule has 0 aliphatic carbocycles. The van der Waals surface area contributed by atoms with Crippen LogP contribution in [-0.4, -0.2) is 7.05 Å². The molecule has 6 heteroatoms. The quantitative estimate of drug-likeness (QED) is 0.579. The first kappa shape index (κ1) is 16.2. The number of nitrogens with one attached hydrogen (secondary N) is 1. The molecule has 0 radical (unpaired) electrons. The van der Waals surface area contributed by atoms with Crippen LogP contribution in [0.5, 0.6) is 0 Å². The van der Waals surface area contributed by atoms with Crippen LogP contribution in [0, 0.1) is 5.82 Å². The van der Waals surface area contributed by atoms with Crippen molar-refractivity contribution in [1.29, 1.82) is 0 Å². The zero-order chi connectivity index (χ0) is 14.9. The number of halogens is 5. The Hall–Kier alpha value is -0.130. The van der Waals surface area contributed by atoms with E-state index in [0.29, 0.717) is 20.1 Å². The molecule has 0 aliphatic rings. The second-order valence-corrected chi connectivity index (χ2v) is 6.71. The van der Waals surface area contributed by atoms with Gasteiger partial charge in [0, 0.05) is 14.5 Å². The van der Waals surface area contributed by atoms with Crippen molar-refractivity contribution in [2.75, 3.05) is 7.05 Å². The van der Waals surface area contributed by atoms with E-state index in [-0.39, 0.29) is 11.9 Å². The summed E-state index contributed by atoms with van der Waals surface area (Å²) in [6, 6.07) is 8.15. The van der Waals surface area contributed by atoms with Crippen molar-refractivity contribution in [3.8, 4) is 0 Å². The maximum absolute atomic E-state index is 14.2. The first-order valence-electron chi connectivity index (χ1n) is 5.70. The first-order chi connectivity index (χ1) is 9.43. The molecule has 1 nitrogen and oxygen atoms in total. The number of hydrogen-bond acceptors (Lipinski definition) is 1. The fourth-order valence-corrected chi connectivity index (χ4v) is 2.88. The lowest BCUT2D eigenvalue weighted by Gasteiger charge is -2.19. The monoisotopic (exact) mass is 439 g/mol. The van der Waals surface area contributed by atoms with Gasteiger partial charge in [-0.15, -0.1) is 0 Å². The van der Waals surface area contributed by atoms with E-state index in [1.165, 1.54) is 6.07 Å². The largest absolute Gasteiger partial charge is 0.309 e. The molecule has 0 fully saturated rings. The van der Waals surface area contributed by atoms with Crippen molar-refractivity contribution >= 4 is 55.1 Å². The highest BCUT2D eigenvalue weighted by Gasteiger charge is 2.18. The van der Waals surface area contributed by atoms with Crippen molar-refractivity contribution in [2.45, 2.75) is 6.04 Å². The van der Waals surface area contributed by atoms with Crippen LogP contribution in [0.25, 0.3) is 0 Å². The van der Waals surface area contributed by atoms with E-state index in [1.54, 1.807) is 19.2 Å². The minimum atomic E-state index is -0.334. The van der Waals surface area contributed by atoms with Gasteiger partial charge in [-0.3, -0.25) is 0 Å². The summed E-state index contributed by atoms with van der Waals surface area (Å²) < 4.78 is 15.5. The molecule has 0 saturated heterocycles. The molecule has 0 aliphatic heterocycles. The minimum Gasteiger partial charge on any atom is -0.309 e. The molecule has 2 aromatic carbocycles. The number of rotatable bonds is 3. The van der Waals surface area contributed by atoms with Gasteiger partial charge in [-0.1, -0.05) is 29.3 Å². The van der Waals surface area contributed by atoms with E-state index in [0.717, 1.165) is 10.0 Å². The van der Waals surface area contributed by atoms with Gasteiger partial charge >= 0.3 is 0 Å². The van der Waals surface area contributed by atoms with Crippen LogP contribution in [-0.2, 0) is 0 Å². The Morgan fingerprint density at radius 3 is 2.30 bits per heavy atom. The highest BCUT2D eigenvalue weighted by atomic mass is 79.9. The zero-order valence-corrected chi connectivity index (χ0v) is 15.0. The van der Waals surface area contributed by atoms with Crippen LogP contribution in [0.1, 0.15) is 17.2 Å². The van der Waals surface area contributed by atoms with E-state index < -0.39 is 0 Å². The van der Waals surface area contributed by atoms with E-state index in [4.69, 9.17) is 23.2 Å². The molecule has 20 heavy (non-hydrogen) atoms. The van der Waals surface area contributed by atoms with Crippen LogP contribution in [0.2, 0.25) is 10.0 Å². The molecule has 2 rings (SSSR count). The average molecular weight is 442 g/mol. The third kappa shape index (κ3) is 3.37. The van der Waals surface area contributed by atoms with Gasteiger partial charge in [-0.2, -0.15) is 0 Å². The summed E-state index contributed by atoms with van der Waals surface area (Å²) >= 11 is 18.7. The van der Waals surface area contributed by atoms with Crippen molar-refractivity contribution in [1.82, 2.24) is 5.32 Å². The molecule has 1 unspecified atom stereocenters. The molecular formula is C14H10Br2Cl2FN. The smallest absolute Gasteiger partial charge is 0.129 e. The van der Waals surface area contributed by atoms with Crippen molar-refractivity contribution in [2.24, 2.45) is 0 Å². The van der Waals surface area contributed by atoms with Crippen molar-refractivity contribution < 1.29 is 4.39 Å².